The number of nitrogens with two attached hydrogens (primary N) is 1. The van der Waals surface area contributed by atoms with Gasteiger partial charge in [-0.25, -0.2) is 0 Å². The summed E-state index contributed by atoms with van der Waals surface area (Å²) < 4.78 is 5.25. The Bertz CT molecular complexity index is 586. The molecule has 0 radical (unpaired) electrons. The molecule has 0 saturated heterocycles. The van der Waals surface area contributed by atoms with Gasteiger partial charge in [-0.3, -0.25) is 0 Å². The van der Waals surface area contributed by atoms with Gasteiger partial charge in [0.15, 0.2) is 0 Å². The van der Waals surface area contributed by atoms with Crippen molar-refractivity contribution in [1.29, 1.82) is 0 Å². The number of anilines is 2. The summed E-state index contributed by atoms with van der Waals surface area (Å²) in [5.74, 6) is 0.824. The first-order chi connectivity index (χ1) is 9.65. The van der Waals surface area contributed by atoms with Gasteiger partial charge in [-0.15, -0.1) is 0 Å². The minimum Gasteiger partial charge on any atom is -0.497 e. The maximum absolute atomic E-state index is 6.37. The highest BCUT2D eigenvalue weighted by Gasteiger charge is 2.09. The second-order valence-electron chi connectivity index (χ2n) is 4.58. The average molecular weight is 291 g/mol. The largest absolute Gasteiger partial charge is 0.497 e. The lowest BCUT2D eigenvalue weighted by atomic mass is 10.1. The molecule has 0 amide bonds. The molecule has 0 spiro atoms. The number of benzene rings is 2. The van der Waals surface area contributed by atoms with Crippen LogP contribution in [0.4, 0.5) is 11.4 Å². The first kappa shape index (κ1) is 14.7. The Kier molecular flexibility index (Phi) is 4.88. The van der Waals surface area contributed by atoms with E-state index in [1.54, 1.807) is 7.11 Å². The summed E-state index contributed by atoms with van der Waals surface area (Å²) in [4.78, 5) is 2.04. The third-order valence-corrected chi connectivity index (χ3v) is 3.55. The van der Waals surface area contributed by atoms with E-state index in [9.17, 15) is 0 Å². The third-order valence-electron chi connectivity index (χ3n) is 3.25. The number of methoxy groups -OCH3 is 1. The van der Waals surface area contributed by atoms with Crippen molar-refractivity contribution in [2.45, 2.75) is 6.42 Å². The van der Waals surface area contributed by atoms with E-state index in [1.165, 1.54) is 0 Å². The van der Waals surface area contributed by atoms with Crippen molar-refractivity contribution in [3.63, 3.8) is 0 Å². The van der Waals surface area contributed by atoms with Gasteiger partial charge in [0.05, 0.1) is 17.8 Å². The molecule has 0 aliphatic carbocycles. The molecular weight excluding hydrogens is 272 g/mol. The zero-order chi connectivity index (χ0) is 14.5. The molecule has 0 aliphatic rings. The van der Waals surface area contributed by atoms with Crippen LogP contribution < -0.4 is 15.4 Å². The van der Waals surface area contributed by atoms with Crippen molar-refractivity contribution in [1.82, 2.24) is 0 Å². The van der Waals surface area contributed by atoms with Crippen molar-refractivity contribution in [2.75, 3.05) is 25.6 Å². The normalized spacial score (nSPS) is 10.4. The first-order valence-electron chi connectivity index (χ1n) is 6.52. The van der Waals surface area contributed by atoms with Gasteiger partial charge in [-0.05, 0) is 42.8 Å². The van der Waals surface area contributed by atoms with Crippen LogP contribution in [0.5, 0.6) is 5.75 Å². The lowest BCUT2D eigenvalue weighted by Gasteiger charge is -2.21. The van der Waals surface area contributed by atoms with Crippen LogP contribution in [-0.2, 0) is 6.42 Å². The SMILES string of the molecule is COc1cccc(N(C)c2ccc(CCN)cc2Cl)c1. The Morgan fingerprint density at radius 2 is 2.00 bits per heavy atom. The molecule has 0 heterocycles. The number of hydrogen-bond donors (Lipinski definition) is 1. The Morgan fingerprint density at radius 3 is 2.65 bits per heavy atom. The van der Waals surface area contributed by atoms with Gasteiger partial charge >= 0.3 is 0 Å². The van der Waals surface area contributed by atoms with Crippen LogP contribution in [0.3, 0.4) is 0 Å². The van der Waals surface area contributed by atoms with Crippen LogP contribution in [-0.4, -0.2) is 20.7 Å². The Morgan fingerprint density at radius 1 is 1.20 bits per heavy atom. The fourth-order valence-electron chi connectivity index (χ4n) is 2.10. The molecule has 2 rings (SSSR count). The average Bonchev–Trinajstić information content (AvgIpc) is 2.47. The minimum atomic E-state index is 0.626. The minimum absolute atomic E-state index is 0.626. The van der Waals surface area contributed by atoms with E-state index in [2.05, 4.69) is 6.07 Å². The number of ether oxygens (including phenoxy) is 1. The van der Waals surface area contributed by atoms with Crippen LogP contribution in [0.2, 0.25) is 5.02 Å². The zero-order valence-electron chi connectivity index (χ0n) is 11.8. The van der Waals surface area contributed by atoms with Crippen LogP contribution in [0.25, 0.3) is 0 Å². The van der Waals surface area contributed by atoms with Gasteiger partial charge in [0.1, 0.15) is 5.75 Å². The molecule has 0 bridgehead atoms. The Hall–Kier alpha value is -1.71. The molecule has 4 heteroatoms. The summed E-state index contributed by atoms with van der Waals surface area (Å²) in [5.41, 5.74) is 8.70. The predicted octanol–water partition coefficient (Wildman–Crippen LogP) is 3.62. The first-order valence-corrected chi connectivity index (χ1v) is 6.89. The van der Waals surface area contributed by atoms with E-state index in [0.717, 1.165) is 34.1 Å². The Labute approximate surface area is 124 Å². The van der Waals surface area contributed by atoms with Gasteiger partial charge in [0, 0.05) is 18.8 Å². The number of hydrogen-bond acceptors (Lipinski definition) is 3. The molecule has 2 aromatic rings. The molecule has 2 N–H and O–H groups in total. The zero-order valence-corrected chi connectivity index (χ0v) is 12.5. The van der Waals surface area contributed by atoms with Gasteiger partial charge < -0.3 is 15.4 Å². The summed E-state index contributed by atoms with van der Waals surface area (Å²) in [5, 5.41) is 0.723. The molecule has 0 aromatic heterocycles. The molecule has 3 nitrogen and oxygen atoms in total. The highest BCUT2D eigenvalue weighted by Crippen LogP contribution is 2.32. The van der Waals surface area contributed by atoms with E-state index < -0.39 is 0 Å². The van der Waals surface area contributed by atoms with Crippen molar-refractivity contribution >= 4 is 23.0 Å². The van der Waals surface area contributed by atoms with E-state index in [4.69, 9.17) is 22.1 Å². The molecule has 0 aliphatic heterocycles. The summed E-state index contributed by atoms with van der Waals surface area (Å²) in [7, 11) is 3.65. The highest BCUT2D eigenvalue weighted by molar-refractivity contribution is 6.33. The molecule has 2 aromatic carbocycles. The van der Waals surface area contributed by atoms with Gasteiger partial charge in [0.2, 0.25) is 0 Å². The number of halogens is 1. The van der Waals surface area contributed by atoms with Crippen LogP contribution in [0.1, 0.15) is 5.56 Å². The third kappa shape index (κ3) is 3.24. The fraction of sp³-hybridized carbons (Fsp3) is 0.250. The smallest absolute Gasteiger partial charge is 0.120 e. The monoisotopic (exact) mass is 290 g/mol. The molecule has 20 heavy (non-hydrogen) atoms. The van der Waals surface area contributed by atoms with Crippen molar-refractivity contribution in [3.05, 3.63) is 53.1 Å². The second-order valence-corrected chi connectivity index (χ2v) is 4.99. The van der Waals surface area contributed by atoms with E-state index in [1.807, 2.05) is 48.3 Å². The van der Waals surface area contributed by atoms with Gasteiger partial charge in [0.25, 0.3) is 0 Å². The Balaban J connectivity index is 2.30. The standard InChI is InChI=1S/C16H19ClN2O/c1-19(13-4-3-5-14(11-13)20-2)16-7-6-12(8-9-18)10-15(16)17/h3-7,10-11H,8-9,18H2,1-2H3. The van der Waals surface area contributed by atoms with Crippen molar-refractivity contribution < 1.29 is 4.74 Å². The lowest BCUT2D eigenvalue weighted by molar-refractivity contribution is 0.415. The fourth-order valence-corrected chi connectivity index (χ4v) is 2.43. The van der Waals surface area contributed by atoms with Crippen molar-refractivity contribution in [2.24, 2.45) is 5.73 Å². The maximum Gasteiger partial charge on any atom is 0.120 e. The molecular formula is C16H19ClN2O. The lowest BCUT2D eigenvalue weighted by Crippen LogP contribution is -2.10. The van der Waals surface area contributed by atoms with Gasteiger partial charge in [-0.1, -0.05) is 23.7 Å². The van der Waals surface area contributed by atoms with E-state index in [-0.39, 0.29) is 0 Å². The molecule has 0 saturated carbocycles. The van der Waals surface area contributed by atoms with Gasteiger partial charge in [-0.2, -0.15) is 0 Å². The molecule has 106 valence electrons. The summed E-state index contributed by atoms with van der Waals surface area (Å²) in [6.07, 6.45) is 0.836. The highest BCUT2D eigenvalue weighted by atomic mass is 35.5. The van der Waals surface area contributed by atoms with E-state index in [0.29, 0.717) is 6.54 Å². The van der Waals surface area contributed by atoms with E-state index >= 15 is 0 Å². The topological polar surface area (TPSA) is 38.5 Å². The van der Waals surface area contributed by atoms with Crippen LogP contribution in [0.15, 0.2) is 42.5 Å². The quantitative estimate of drug-likeness (QED) is 0.914. The molecule has 0 atom stereocenters. The maximum atomic E-state index is 6.37. The van der Waals surface area contributed by atoms with Crippen molar-refractivity contribution in [3.8, 4) is 5.75 Å². The number of rotatable bonds is 5. The summed E-state index contributed by atoms with van der Waals surface area (Å²) in [6.45, 7) is 0.626. The summed E-state index contributed by atoms with van der Waals surface area (Å²) >= 11 is 6.37. The van der Waals surface area contributed by atoms with Crippen LogP contribution in [0, 0.1) is 0 Å². The predicted molar refractivity (Wildman–Crippen MR) is 85.3 cm³/mol. The summed E-state index contributed by atoms with van der Waals surface area (Å²) in [6, 6.07) is 13.9. The van der Waals surface area contributed by atoms with Crippen LogP contribution >= 0.6 is 11.6 Å². The molecule has 0 unspecified atom stereocenters. The second kappa shape index (κ2) is 6.64. The molecule has 0 fully saturated rings. The number of nitrogens with zero attached hydrogens (tertiary/aromatic N) is 1.